The van der Waals surface area contributed by atoms with E-state index in [1.165, 1.54) is 24.1 Å². The molecule has 0 spiro atoms. The molecular formula is C20H33NO2. The number of rotatable bonds is 6. The maximum Gasteiger partial charge on any atom is 0.120 e. The molecule has 1 N–H and O–H groups in total. The molecule has 0 amide bonds. The zero-order valence-corrected chi connectivity index (χ0v) is 15.3. The zero-order chi connectivity index (χ0) is 16.9. The van der Waals surface area contributed by atoms with Crippen molar-refractivity contribution >= 4 is 5.69 Å². The molecule has 0 atom stereocenters. The first-order chi connectivity index (χ1) is 10.9. The average molecular weight is 319 g/mol. The summed E-state index contributed by atoms with van der Waals surface area (Å²) < 4.78 is 5.44. The first kappa shape index (κ1) is 18.1. The minimum Gasteiger partial charge on any atom is -0.497 e. The van der Waals surface area contributed by atoms with Crippen molar-refractivity contribution < 1.29 is 9.84 Å². The minimum absolute atomic E-state index is 0.324. The van der Waals surface area contributed by atoms with E-state index < -0.39 is 0 Å². The molecule has 0 aliphatic carbocycles. The average Bonchev–Trinajstić information content (AvgIpc) is 2.54. The molecule has 3 heteroatoms. The molecule has 23 heavy (non-hydrogen) atoms. The Morgan fingerprint density at radius 3 is 2.48 bits per heavy atom. The van der Waals surface area contributed by atoms with Gasteiger partial charge in [0.1, 0.15) is 5.75 Å². The van der Waals surface area contributed by atoms with Crippen molar-refractivity contribution in [3.8, 4) is 5.75 Å². The number of benzene rings is 1. The fourth-order valence-electron chi connectivity index (χ4n) is 3.34. The summed E-state index contributed by atoms with van der Waals surface area (Å²) in [4.78, 5) is 2.47. The Kier molecular flexibility index (Phi) is 6.34. The molecular weight excluding hydrogens is 286 g/mol. The third-order valence-electron chi connectivity index (χ3n) is 4.88. The molecule has 2 rings (SSSR count). The summed E-state index contributed by atoms with van der Waals surface area (Å²) in [6.45, 7) is 9.31. The Hall–Kier alpha value is -1.22. The van der Waals surface area contributed by atoms with Gasteiger partial charge in [0.25, 0.3) is 0 Å². The predicted octanol–water partition coefficient (Wildman–Crippen LogP) is 4.27. The molecule has 0 bridgehead atoms. The molecule has 3 nitrogen and oxygen atoms in total. The van der Waals surface area contributed by atoms with Crippen molar-refractivity contribution in [1.29, 1.82) is 0 Å². The number of aliphatic hydroxyl groups excluding tert-OH is 1. The highest BCUT2D eigenvalue weighted by atomic mass is 16.5. The number of nitrogens with zero attached hydrogens (tertiary/aromatic N) is 1. The number of ether oxygens (including phenoxy) is 1. The topological polar surface area (TPSA) is 32.7 Å². The Morgan fingerprint density at radius 2 is 1.91 bits per heavy atom. The van der Waals surface area contributed by atoms with Crippen molar-refractivity contribution in [2.24, 2.45) is 11.3 Å². The van der Waals surface area contributed by atoms with Crippen LogP contribution in [0.1, 0.15) is 52.0 Å². The van der Waals surface area contributed by atoms with Crippen LogP contribution in [0, 0.1) is 11.3 Å². The van der Waals surface area contributed by atoms with Gasteiger partial charge in [0.15, 0.2) is 0 Å². The molecule has 130 valence electrons. The Morgan fingerprint density at radius 1 is 1.22 bits per heavy atom. The van der Waals surface area contributed by atoms with Crippen LogP contribution in [0.15, 0.2) is 18.2 Å². The first-order valence-corrected chi connectivity index (χ1v) is 8.95. The monoisotopic (exact) mass is 319 g/mol. The molecule has 0 aromatic heterocycles. The number of aryl methyl sites for hydroxylation is 1. The Bertz CT molecular complexity index is 485. The van der Waals surface area contributed by atoms with Crippen molar-refractivity contribution in [3.63, 3.8) is 0 Å². The van der Waals surface area contributed by atoms with Gasteiger partial charge in [-0.1, -0.05) is 26.8 Å². The molecule has 1 fully saturated rings. The molecule has 1 aliphatic heterocycles. The van der Waals surface area contributed by atoms with Crippen molar-refractivity contribution in [1.82, 2.24) is 0 Å². The summed E-state index contributed by atoms with van der Waals surface area (Å²) in [5, 5.41) is 9.34. The van der Waals surface area contributed by atoms with Gasteiger partial charge in [0.05, 0.1) is 7.11 Å². The summed E-state index contributed by atoms with van der Waals surface area (Å²) in [6, 6.07) is 6.50. The standard InChI is InChI=1S/C20H33NO2/c1-20(2,3)11-5-6-17-7-8-18(23-4)14-19(17)21-12-9-16(15-22)10-13-21/h7-8,14,16,22H,5-6,9-13,15H2,1-4H3. The van der Waals surface area contributed by atoms with Crippen LogP contribution in [0.3, 0.4) is 0 Å². The van der Waals surface area contributed by atoms with Crippen LogP contribution in [-0.4, -0.2) is 31.9 Å². The SMILES string of the molecule is COc1ccc(CCCC(C)(C)C)c(N2CCC(CO)CC2)c1. The summed E-state index contributed by atoms with van der Waals surface area (Å²) >= 11 is 0. The minimum atomic E-state index is 0.324. The van der Waals surface area contributed by atoms with Gasteiger partial charge >= 0.3 is 0 Å². The number of hydrogen-bond acceptors (Lipinski definition) is 3. The quantitative estimate of drug-likeness (QED) is 0.850. The summed E-state index contributed by atoms with van der Waals surface area (Å²) in [5.74, 6) is 1.41. The molecule has 0 unspecified atom stereocenters. The summed E-state index contributed by atoms with van der Waals surface area (Å²) in [7, 11) is 1.73. The van der Waals surface area contributed by atoms with Crippen LogP contribution in [-0.2, 0) is 6.42 Å². The molecule has 0 saturated carbocycles. The van der Waals surface area contributed by atoms with Crippen LogP contribution in [0.25, 0.3) is 0 Å². The van der Waals surface area contributed by atoms with Crippen LogP contribution in [0.2, 0.25) is 0 Å². The molecule has 1 aromatic rings. The van der Waals surface area contributed by atoms with E-state index in [-0.39, 0.29) is 0 Å². The third kappa shape index (κ3) is 5.42. The van der Waals surface area contributed by atoms with Crippen LogP contribution >= 0.6 is 0 Å². The normalized spacial score (nSPS) is 16.7. The second-order valence-electron chi connectivity index (χ2n) is 8.02. The Balaban J connectivity index is 2.09. The summed E-state index contributed by atoms with van der Waals surface area (Å²) in [6.07, 6.45) is 5.74. The maximum atomic E-state index is 9.34. The predicted molar refractivity (Wildman–Crippen MR) is 97.4 cm³/mol. The highest BCUT2D eigenvalue weighted by Crippen LogP contribution is 2.32. The van der Waals surface area contributed by atoms with Gasteiger partial charge in [-0.05, 0) is 55.1 Å². The van der Waals surface area contributed by atoms with E-state index in [0.717, 1.165) is 38.1 Å². The first-order valence-electron chi connectivity index (χ1n) is 8.95. The lowest BCUT2D eigenvalue weighted by atomic mass is 9.88. The van der Waals surface area contributed by atoms with Gasteiger partial charge in [-0.15, -0.1) is 0 Å². The van der Waals surface area contributed by atoms with E-state index in [1.54, 1.807) is 7.11 Å². The van der Waals surface area contributed by atoms with Crippen LogP contribution in [0.4, 0.5) is 5.69 Å². The van der Waals surface area contributed by atoms with E-state index >= 15 is 0 Å². The van der Waals surface area contributed by atoms with Gasteiger partial charge in [-0.25, -0.2) is 0 Å². The lowest BCUT2D eigenvalue weighted by molar-refractivity contribution is 0.203. The van der Waals surface area contributed by atoms with E-state index in [1.807, 2.05) is 0 Å². The second kappa shape index (κ2) is 8.05. The zero-order valence-electron chi connectivity index (χ0n) is 15.3. The molecule has 1 saturated heterocycles. The smallest absolute Gasteiger partial charge is 0.120 e. The van der Waals surface area contributed by atoms with Gasteiger partial charge in [0.2, 0.25) is 0 Å². The Labute approximate surface area is 141 Å². The van der Waals surface area contributed by atoms with Gasteiger partial charge in [-0.2, -0.15) is 0 Å². The second-order valence-corrected chi connectivity index (χ2v) is 8.02. The van der Waals surface area contributed by atoms with Crippen molar-refractivity contribution in [2.75, 3.05) is 31.7 Å². The number of aliphatic hydroxyl groups is 1. The van der Waals surface area contributed by atoms with Gasteiger partial charge in [0, 0.05) is 31.5 Å². The highest BCUT2D eigenvalue weighted by molar-refractivity contribution is 5.57. The van der Waals surface area contributed by atoms with E-state index in [2.05, 4.69) is 43.9 Å². The lowest BCUT2D eigenvalue weighted by Gasteiger charge is -2.34. The van der Waals surface area contributed by atoms with Crippen LogP contribution in [0.5, 0.6) is 5.75 Å². The van der Waals surface area contributed by atoms with E-state index in [9.17, 15) is 5.11 Å². The third-order valence-corrected chi connectivity index (χ3v) is 4.88. The fraction of sp³-hybridized carbons (Fsp3) is 0.700. The maximum absolute atomic E-state index is 9.34. The van der Waals surface area contributed by atoms with Crippen LogP contribution < -0.4 is 9.64 Å². The largest absolute Gasteiger partial charge is 0.497 e. The summed E-state index contributed by atoms with van der Waals surface area (Å²) in [5.41, 5.74) is 3.15. The van der Waals surface area contributed by atoms with Gasteiger partial charge < -0.3 is 14.7 Å². The molecule has 1 aliphatic rings. The van der Waals surface area contributed by atoms with Crippen molar-refractivity contribution in [3.05, 3.63) is 23.8 Å². The molecule has 0 radical (unpaired) electrons. The fourth-order valence-corrected chi connectivity index (χ4v) is 3.34. The number of hydrogen-bond donors (Lipinski definition) is 1. The van der Waals surface area contributed by atoms with Crippen molar-refractivity contribution in [2.45, 2.75) is 52.9 Å². The lowest BCUT2D eigenvalue weighted by Crippen LogP contribution is -2.35. The molecule has 1 aromatic carbocycles. The number of anilines is 1. The van der Waals surface area contributed by atoms with E-state index in [4.69, 9.17) is 4.74 Å². The number of methoxy groups -OCH3 is 1. The number of piperidine rings is 1. The van der Waals surface area contributed by atoms with Gasteiger partial charge in [-0.3, -0.25) is 0 Å². The molecule has 1 heterocycles. The van der Waals surface area contributed by atoms with E-state index in [0.29, 0.717) is 17.9 Å². The highest BCUT2D eigenvalue weighted by Gasteiger charge is 2.21.